The van der Waals surface area contributed by atoms with E-state index in [0.717, 1.165) is 0 Å². The van der Waals surface area contributed by atoms with Crippen LogP contribution in [0.3, 0.4) is 0 Å². The van der Waals surface area contributed by atoms with Crippen LogP contribution in [0, 0.1) is 10.1 Å². The van der Waals surface area contributed by atoms with Gasteiger partial charge in [0.25, 0.3) is 0 Å². The third-order valence-corrected chi connectivity index (χ3v) is 4.78. The fourth-order valence-corrected chi connectivity index (χ4v) is 2.86. The Morgan fingerprint density at radius 1 is 1.18 bits per heavy atom. The molecule has 0 aliphatic rings. The number of carbonyl (C=O) groups excluding carboxylic acids is 3. The van der Waals surface area contributed by atoms with Crippen LogP contribution in [0.4, 0.5) is 11.4 Å². The van der Waals surface area contributed by atoms with Crippen molar-refractivity contribution in [3.8, 4) is 0 Å². The van der Waals surface area contributed by atoms with E-state index in [-0.39, 0.29) is 42.0 Å². The minimum atomic E-state index is -1.24. The van der Waals surface area contributed by atoms with Gasteiger partial charge < -0.3 is 32.1 Å². The van der Waals surface area contributed by atoms with Gasteiger partial charge in [0.1, 0.15) is 12.1 Å². The molecule has 0 aliphatic heterocycles. The highest BCUT2D eigenvalue weighted by Crippen LogP contribution is 2.28. The first kappa shape index (κ1) is 26.3. The zero-order valence-corrected chi connectivity index (χ0v) is 18.4. The Hall–Kier alpha value is -3.99. The Kier molecular flexibility index (Phi) is 9.50. The van der Waals surface area contributed by atoms with Crippen LogP contribution in [0.25, 0.3) is 11.0 Å². The van der Waals surface area contributed by atoms with Gasteiger partial charge in [-0.2, -0.15) is 12.6 Å². The fraction of sp³-hybridized carbons (Fsp3) is 0.412. The van der Waals surface area contributed by atoms with E-state index < -0.39 is 47.2 Å². The summed E-state index contributed by atoms with van der Waals surface area (Å²) in [5, 5.41) is 36.8. The largest absolute Gasteiger partial charge is 0.480 e. The number of nitrogens with two attached hydrogens (primary N) is 1. The minimum Gasteiger partial charge on any atom is -0.480 e. The molecule has 0 saturated carbocycles. The van der Waals surface area contributed by atoms with Crippen LogP contribution < -0.4 is 27.0 Å². The number of aromatic nitrogens is 2. The second kappa shape index (κ2) is 12.3. The number of carboxylic acids is 1. The number of carbonyl (C=O) groups is 4. The first-order valence-corrected chi connectivity index (χ1v) is 10.3. The van der Waals surface area contributed by atoms with Crippen molar-refractivity contribution in [1.82, 2.24) is 26.3 Å². The summed E-state index contributed by atoms with van der Waals surface area (Å²) in [6, 6.07) is 0.338. The summed E-state index contributed by atoms with van der Waals surface area (Å²) in [5.41, 5.74) is 5.41. The molecule has 17 heteroatoms. The molecule has 7 N–H and O–H groups in total. The Balaban J connectivity index is 1.77. The van der Waals surface area contributed by atoms with Crippen LogP contribution >= 0.6 is 12.6 Å². The molecule has 16 nitrogen and oxygen atoms in total. The van der Waals surface area contributed by atoms with Crippen molar-refractivity contribution in [1.29, 1.82) is 0 Å². The number of nitrogens with zero attached hydrogens (tertiary/aromatic N) is 3. The lowest BCUT2D eigenvalue weighted by atomic mass is 10.1. The van der Waals surface area contributed by atoms with Crippen LogP contribution in [0.15, 0.2) is 16.8 Å². The van der Waals surface area contributed by atoms with Gasteiger partial charge in [-0.05, 0) is 22.8 Å². The normalized spacial score (nSPS) is 12.4. The van der Waals surface area contributed by atoms with E-state index in [1.165, 1.54) is 12.1 Å². The Bertz CT molecular complexity index is 1080. The fourth-order valence-electron chi connectivity index (χ4n) is 2.61. The standard InChI is InChI=1S/C17H22N8O8S/c18-8(17(29)30)1-4-12(26)22-10(6-34)16(28)19-5-13(27)21-7-20-9-2-3-11(25(31)32)15-14(9)23-33-24-15/h2-3,8,10,20,34H,1,4-7,18H2,(H,19,28)(H,21,27)(H,22,26)(H,29,30). The first-order chi connectivity index (χ1) is 16.1. The number of fused-ring (bicyclic) bond motifs is 1. The summed E-state index contributed by atoms with van der Waals surface area (Å²) < 4.78 is 4.54. The molecule has 1 heterocycles. The SMILES string of the molecule is NC(CCC(=O)NC(CS)C(=O)NCC(=O)NCNc1ccc([N+](=O)[O-])c2nonc12)C(=O)O. The average Bonchev–Trinajstić information content (AvgIpc) is 3.29. The van der Waals surface area contributed by atoms with Crippen molar-refractivity contribution in [2.24, 2.45) is 5.73 Å². The van der Waals surface area contributed by atoms with Crippen LogP contribution in [0.5, 0.6) is 0 Å². The van der Waals surface area contributed by atoms with Crippen LogP contribution in [-0.2, 0) is 19.2 Å². The zero-order chi connectivity index (χ0) is 25.3. The average molecular weight is 498 g/mol. The number of carboxylic acid groups (broad SMARTS) is 1. The number of nitrogens with one attached hydrogen (secondary N) is 4. The summed E-state index contributed by atoms with van der Waals surface area (Å²) in [4.78, 5) is 57.1. The molecule has 1 aromatic carbocycles. The molecule has 2 unspecified atom stereocenters. The Morgan fingerprint density at radius 3 is 2.53 bits per heavy atom. The van der Waals surface area contributed by atoms with E-state index in [0.29, 0.717) is 5.69 Å². The number of nitro benzene ring substituents is 1. The zero-order valence-electron chi connectivity index (χ0n) is 17.5. The summed E-state index contributed by atoms with van der Waals surface area (Å²) in [7, 11) is 0. The molecule has 0 fully saturated rings. The van der Waals surface area contributed by atoms with Gasteiger partial charge in [0.15, 0.2) is 5.52 Å². The maximum Gasteiger partial charge on any atom is 0.320 e. The third-order valence-electron chi connectivity index (χ3n) is 4.41. The van der Waals surface area contributed by atoms with E-state index in [4.69, 9.17) is 10.8 Å². The number of anilines is 1. The number of non-ortho nitro benzene ring substituents is 1. The van der Waals surface area contributed by atoms with Gasteiger partial charge in [0.05, 0.1) is 23.8 Å². The molecular formula is C17H22N8O8S. The van der Waals surface area contributed by atoms with E-state index in [1.54, 1.807) is 0 Å². The summed E-state index contributed by atoms with van der Waals surface area (Å²) in [5.74, 6) is -3.13. The van der Waals surface area contributed by atoms with Gasteiger partial charge >= 0.3 is 11.7 Å². The highest BCUT2D eigenvalue weighted by molar-refractivity contribution is 7.80. The van der Waals surface area contributed by atoms with Gasteiger partial charge in [-0.1, -0.05) is 0 Å². The Morgan fingerprint density at radius 2 is 1.88 bits per heavy atom. The first-order valence-electron chi connectivity index (χ1n) is 9.70. The topological polar surface area (TPSA) is 245 Å². The summed E-state index contributed by atoms with van der Waals surface area (Å²) in [6.07, 6.45) is -0.308. The minimum absolute atomic E-state index is 0.0571. The number of hydrogen-bond acceptors (Lipinski definition) is 12. The number of benzene rings is 1. The number of rotatable bonds is 13. The number of amides is 3. The van der Waals surface area contributed by atoms with Crippen LogP contribution in [-0.4, -0.2) is 75.1 Å². The van der Waals surface area contributed by atoms with Gasteiger partial charge in [-0.15, -0.1) is 0 Å². The molecular weight excluding hydrogens is 476 g/mol. The second-order valence-corrected chi connectivity index (χ2v) is 7.17. The van der Waals surface area contributed by atoms with Crippen molar-refractivity contribution in [2.45, 2.75) is 24.9 Å². The molecule has 0 saturated heterocycles. The summed E-state index contributed by atoms with van der Waals surface area (Å²) in [6.45, 7) is -0.517. The van der Waals surface area contributed by atoms with Gasteiger partial charge in [0.2, 0.25) is 23.2 Å². The van der Waals surface area contributed by atoms with E-state index in [9.17, 15) is 29.3 Å². The highest BCUT2D eigenvalue weighted by Gasteiger charge is 2.22. The smallest absolute Gasteiger partial charge is 0.320 e. The van der Waals surface area contributed by atoms with Crippen molar-refractivity contribution >= 4 is 58.7 Å². The molecule has 2 atom stereocenters. The monoisotopic (exact) mass is 498 g/mol. The van der Waals surface area contributed by atoms with Crippen molar-refractivity contribution in [2.75, 3.05) is 24.3 Å². The lowest BCUT2D eigenvalue weighted by molar-refractivity contribution is -0.383. The number of hydrogen-bond donors (Lipinski definition) is 7. The number of nitro groups is 1. The molecule has 3 amide bonds. The van der Waals surface area contributed by atoms with Crippen LogP contribution in [0.2, 0.25) is 0 Å². The third kappa shape index (κ3) is 7.27. The maximum absolute atomic E-state index is 12.2. The molecule has 0 aliphatic carbocycles. The molecule has 1 aromatic heterocycles. The lowest BCUT2D eigenvalue weighted by Crippen LogP contribution is -2.50. The van der Waals surface area contributed by atoms with Gasteiger partial charge in [-0.3, -0.25) is 29.3 Å². The summed E-state index contributed by atoms with van der Waals surface area (Å²) >= 11 is 3.99. The van der Waals surface area contributed by atoms with Crippen molar-refractivity contribution < 1.29 is 33.8 Å². The van der Waals surface area contributed by atoms with Crippen molar-refractivity contribution in [3.63, 3.8) is 0 Å². The van der Waals surface area contributed by atoms with E-state index >= 15 is 0 Å². The molecule has 34 heavy (non-hydrogen) atoms. The van der Waals surface area contributed by atoms with E-state index in [1.807, 2.05) is 0 Å². The van der Waals surface area contributed by atoms with Crippen molar-refractivity contribution in [3.05, 3.63) is 22.2 Å². The second-order valence-electron chi connectivity index (χ2n) is 6.81. The highest BCUT2D eigenvalue weighted by atomic mass is 32.1. The number of aliphatic carboxylic acids is 1. The number of thiol groups is 1. The van der Waals surface area contributed by atoms with Gasteiger partial charge in [-0.25, -0.2) is 4.63 Å². The van der Waals surface area contributed by atoms with Gasteiger partial charge in [0, 0.05) is 18.2 Å². The molecule has 184 valence electrons. The predicted octanol–water partition coefficient (Wildman–Crippen LogP) is -1.66. The quantitative estimate of drug-likeness (QED) is 0.0710. The Labute approximate surface area is 196 Å². The predicted molar refractivity (Wildman–Crippen MR) is 119 cm³/mol. The molecule has 0 spiro atoms. The molecule has 2 rings (SSSR count). The lowest BCUT2D eigenvalue weighted by Gasteiger charge is -2.17. The van der Waals surface area contributed by atoms with E-state index in [2.05, 4.69) is 48.8 Å². The molecule has 2 aromatic rings. The maximum atomic E-state index is 12.2. The molecule has 0 radical (unpaired) electrons. The van der Waals surface area contributed by atoms with Crippen LogP contribution in [0.1, 0.15) is 12.8 Å². The molecule has 0 bridgehead atoms.